The van der Waals surface area contributed by atoms with Gasteiger partial charge in [0.25, 0.3) is 0 Å². The fraction of sp³-hybridized carbons (Fsp3) is 0.0833. The van der Waals surface area contributed by atoms with E-state index in [0.29, 0.717) is 11.0 Å². The highest BCUT2D eigenvalue weighted by molar-refractivity contribution is 6.33. The number of hydrogen-bond acceptors (Lipinski definition) is 4. The van der Waals surface area contributed by atoms with Gasteiger partial charge in [-0.25, -0.2) is 19.0 Å². The van der Waals surface area contributed by atoms with Crippen LogP contribution in [0, 0.1) is 5.82 Å². The average molecular weight is 282 g/mol. The number of hydrogen-bond donors (Lipinski definition) is 0. The van der Waals surface area contributed by atoms with E-state index >= 15 is 0 Å². The van der Waals surface area contributed by atoms with Crippen molar-refractivity contribution in [2.45, 2.75) is 0 Å². The SMILES string of the molecule is [2H]C([2H])([2H])Oc1cc(F)ccc1-n1ncc2c(Cl)ncnc21. The summed E-state index contributed by atoms with van der Waals surface area (Å²) >= 11 is 5.94. The molecular formula is C12H8ClFN4O. The Labute approximate surface area is 116 Å². The number of benzene rings is 1. The number of nitrogens with zero attached hydrogens (tertiary/aromatic N) is 4. The minimum Gasteiger partial charge on any atom is -0.494 e. The normalized spacial score (nSPS) is 13.9. The van der Waals surface area contributed by atoms with E-state index in [9.17, 15) is 4.39 Å². The van der Waals surface area contributed by atoms with Gasteiger partial charge in [-0.3, -0.25) is 0 Å². The van der Waals surface area contributed by atoms with E-state index in [2.05, 4.69) is 15.1 Å². The summed E-state index contributed by atoms with van der Waals surface area (Å²) in [6.45, 7) is 0. The zero-order chi connectivity index (χ0) is 15.9. The minimum absolute atomic E-state index is 0.181. The summed E-state index contributed by atoms with van der Waals surface area (Å²) in [5.74, 6) is -0.813. The van der Waals surface area contributed by atoms with Gasteiger partial charge in [0.1, 0.15) is 28.7 Å². The maximum atomic E-state index is 13.4. The van der Waals surface area contributed by atoms with E-state index in [-0.39, 0.29) is 16.6 Å². The van der Waals surface area contributed by atoms with Gasteiger partial charge >= 0.3 is 0 Å². The second-order valence-electron chi connectivity index (χ2n) is 3.67. The Balaban J connectivity index is 2.20. The molecule has 0 amide bonds. The molecule has 0 fully saturated rings. The largest absolute Gasteiger partial charge is 0.494 e. The molecule has 0 spiro atoms. The van der Waals surface area contributed by atoms with Crippen LogP contribution >= 0.6 is 11.6 Å². The molecule has 1 aromatic carbocycles. The molecule has 0 saturated heterocycles. The Morgan fingerprint density at radius 3 is 3.16 bits per heavy atom. The van der Waals surface area contributed by atoms with Gasteiger partial charge in [0.15, 0.2) is 5.65 Å². The molecule has 0 radical (unpaired) electrons. The molecule has 2 heterocycles. The van der Waals surface area contributed by atoms with Crippen molar-refractivity contribution < 1.29 is 13.2 Å². The summed E-state index contributed by atoms with van der Waals surface area (Å²) in [5, 5.41) is 4.78. The molecule has 3 aromatic rings. The zero-order valence-electron chi connectivity index (χ0n) is 12.3. The van der Waals surface area contributed by atoms with Crippen LogP contribution in [0.5, 0.6) is 5.75 Å². The second-order valence-corrected chi connectivity index (χ2v) is 4.03. The van der Waals surface area contributed by atoms with E-state index in [1.54, 1.807) is 0 Å². The van der Waals surface area contributed by atoms with Crippen molar-refractivity contribution in [3.8, 4) is 11.4 Å². The van der Waals surface area contributed by atoms with Gasteiger partial charge < -0.3 is 4.74 Å². The number of halogens is 2. The summed E-state index contributed by atoms with van der Waals surface area (Å²) < 4.78 is 41.1. The van der Waals surface area contributed by atoms with E-state index in [1.165, 1.54) is 23.3 Å². The zero-order valence-corrected chi connectivity index (χ0v) is 10.1. The highest BCUT2D eigenvalue weighted by Gasteiger charge is 2.13. The molecule has 0 atom stereocenters. The molecule has 0 aliphatic heterocycles. The lowest BCUT2D eigenvalue weighted by atomic mass is 10.3. The third kappa shape index (κ3) is 1.90. The predicted octanol–water partition coefficient (Wildman–Crippen LogP) is 2.62. The molecule has 2 aromatic heterocycles. The van der Waals surface area contributed by atoms with Gasteiger partial charge in [-0.05, 0) is 12.1 Å². The van der Waals surface area contributed by atoms with Crippen LogP contribution in [0.25, 0.3) is 16.7 Å². The summed E-state index contributed by atoms with van der Waals surface area (Å²) in [5.41, 5.74) is 0.573. The molecule has 19 heavy (non-hydrogen) atoms. The lowest BCUT2D eigenvalue weighted by Gasteiger charge is -2.08. The van der Waals surface area contributed by atoms with Gasteiger partial charge in [0.2, 0.25) is 0 Å². The summed E-state index contributed by atoms with van der Waals surface area (Å²) in [6.07, 6.45) is 2.68. The number of fused-ring (bicyclic) bond motifs is 1. The molecule has 0 bridgehead atoms. The third-order valence-corrected chi connectivity index (χ3v) is 2.88. The highest BCUT2D eigenvalue weighted by atomic mass is 35.5. The lowest BCUT2D eigenvalue weighted by Crippen LogP contribution is -2.01. The predicted molar refractivity (Wildman–Crippen MR) is 68.2 cm³/mol. The number of aromatic nitrogens is 4. The van der Waals surface area contributed by atoms with Gasteiger partial charge in [0.05, 0.1) is 22.7 Å². The highest BCUT2D eigenvalue weighted by Crippen LogP contribution is 2.27. The van der Waals surface area contributed by atoms with Gasteiger partial charge in [-0.15, -0.1) is 0 Å². The van der Waals surface area contributed by atoms with Crippen LogP contribution in [0.3, 0.4) is 0 Å². The second kappa shape index (κ2) is 4.47. The van der Waals surface area contributed by atoms with Crippen LogP contribution in [0.1, 0.15) is 4.11 Å². The topological polar surface area (TPSA) is 52.8 Å². The molecule has 7 heteroatoms. The van der Waals surface area contributed by atoms with E-state index in [1.807, 2.05) is 0 Å². The molecule has 96 valence electrons. The maximum Gasteiger partial charge on any atom is 0.167 e. The van der Waals surface area contributed by atoms with Gasteiger partial charge in [0, 0.05) is 6.07 Å². The first kappa shape index (κ1) is 8.82. The summed E-state index contributed by atoms with van der Waals surface area (Å²) in [6, 6.07) is 3.48. The Hall–Kier alpha value is -2.21. The third-order valence-electron chi connectivity index (χ3n) is 2.58. The number of methoxy groups -OCH3 is 1. The van der Waals surface area contributed by atoms with Crippen molar-refractivity contribution in [1.82, 2.24) is 19.7 Å². The first-order valence-corrected chi connectivity index (χ1v) is 5.56. The fourth-order valence-corrected chi connectivity index (χ4v) is 1.91. The molecule has 0 N–H and O–H groups in total. The van der Waals surface area contributed by atoms with Crippen LogP contribution in [0.4, 0.5) is 4.39 Å². The van der Waals surface area contributed by atoms with Crippen LogP contribution in [-0.2, 0) is 0 Å². The van der Waals surface area contributed by atoms with Crippen molar-refractivity contribution in [2.75, 3.05) is 7.04 Å². The van der Waals surface area contributed by atoms with Crippen molar-refractivity contribution in [3.63, 3.8) is 0 Å². The van der Waals surface area contributed by atoms with Crippen LogP contribution in [-0.4, -0.2) is 26.8 Å². The Morgan fingerprint density at radius 2 is 2.32 bits per heavy atom. The molecule has 0 unspecified atom stereocenters. The monoisotopic (exact) mass is 281 g/mol. The van der Waals surface area contributed by atoms with E-state index in [4.69, 9.17) is 20.5 Å². The average Bonchev–Trinajstić information content (AvgIpc) is 2.82. The Morgan fingerprint density at radius 1 is 1.42 bits per heavy atom. The molecule has 3 rings (SSSR count). The Bertz CT molecular complexity index is 852. The smallest absolute Gasteiger partial charge is 0.167 e. The van der Waals surface area contributed by atoms with Crippen molar-refractivity contribution in [2.24, 2.45) is 0 Å². The maximum absolute atomic E-state index is 13.4. The Kier molecular flexibility index (Phi) is 2.08. The van der Waals surface area contributed by atoms with Crippen LogP contribution in [0.2, 0.25) is 5.15 Å². The molecule has 0 saturated carbocycles. The lowest BCUT2D eigenvalue weighted by molar-refractivity contribution is 0.408. The molecule has 0 aliphatic rings. The number of rotatable bonds is 2. The van der Waals surface area contributed by atoms with Gasteiger partial charge in [-0.1, -0.05) is 11.6 Å². The van der Waals surface area contributed by atoms with Crippen molar-refractivity contribution in [1.29, 1.82) is 0 Å². The van der Waals surface area contributed by atoms with E-state index in [0.717, 1.165) is 12.1 Å². The summed E-state index contributed by atoms with van der Waals surface area (Å²) in [7, 11) is -2.72. The summed E-state index contributed by atoms with van der Waals surface area (Å²) in [4.78, 5) is 7.88. The fourth-order valence-electron chi connectivity index (χ4n) is 1.74. The molecule has 0 aliphatic carbocycles. The first-order valence-electron chi connectivity index (χ1n) is 6.68. The van der Waals surface area contributed by atoms with Crippen LogP contribution in [0.15, 0.2) is 30.7 Å². The standard InChI is InChI=1S/C12H8ClFN4O/c1-19-10-4-7(14)2-3-9(10)18-12-8(5-17-18)11(13)15-6-16-12/h2-6H,1H3/i1D3. The number of ether oxygens (including phenoxy) is 1. The minimum atomic E-state index is -2.72. The molecular weight excluding hydrogens is 271 g/mol. The van der Waals surface area contributed by atoms with Crippen molar-refractivity contribution >= 4 is 22.6 Å². The van der Waals surface area contributed by atoms with E-state index < -0.39 is 12.9 Å². The van der Waals surface area contributed by atoms with Crippen molar-refractivity contribution in [3.05, 3.63) is 41.7 Å². The quantitative estimate of drug-likeness (QED) is 0.678. The first-order chi connectivity index (χ1) is 10.3. The molecule has 5 nitrogen and oxygen atoms in total. The van der Waals surface area contributed by atoms with Crippen LogP contribution < -0.4 is 4.74 Å². The van der Waals surface area contributed by atoms with Gasteiger partial charge in [-0.2, -0.15) is 5.10 Å².